The second-order valence-corrected chi connectivity index (χ2v) is 4.90. The van der Waals surface area contributed by atoms with Gasteiger partial charge in [0.25, 0.3) is 10.2 Å². The summed E-state index contributed by atoms with van der Waals surface area (Å²) in [5.74, 6) is -0.0217. The van der Waals surface area contributed by atoms with Crippen LogP contribution in [0.25, 0.3) is 0 Å². The van der Waals surface area contributed by atoms with E-state index in [0.717, 1.165) is 0 Å². The molecular weight excluding hydrogens is 256 g/mol. The molecule has 1 saturated heterocycles. The van der Waals surface area contributed by atoms with E-state index in [-0.39, 0.29) is 37.9 Å². The summed E-state index contributed by atoms with van der Waals surface area (Å²) in [5, 5.41) is 7.73. The molecule has 0 bridgehead atoms. The first-order chi connectivity index (χ1) is 6.95. The fraction of sp³-hybridized carbons (Fsp3) is 0.857. The Labute approximate surface area is 102 Å². The lowest BCUT2D eigenvalue weighted by atomic mass is 10.3. The van der Waals surface area contributed by atoms with E-state index in [1.54, 1.807) is 11.9 Å². The Balaban J connectivity index is 0.00000225. The van der Waals surface area contributed by atoms with Gasteiger partial charge in [0.15, 0.2) is 0 Å². The van der Waals surface area contributed by atoms with Crippen molar-refractivity contribution >= 4 is 28.5 Å². The minimum absolute atomic E-state index is 0. The van der Waals surface area contributed by atoms with E-state index >= 15 is 0 Å². The normalized spacial score (nSPS) is 18.0. The maximum absolute atomic E-state index is 11.4. The first-order valence-electron chi connectivity index (χ1n) is 4.65. The highest BCUT2D eigenvalue weighted by atomic mass is 35.5. The molecule has 3 N–H and O–H groups in total. The summed E-state index contributed by atoms with van der Waals surface area (Å²) >= 11 is 0. The summed E-state index contributed by atoms with van der Waals surface area (Å²) < 4.78 is 23.1. The number of nitrogens with two attached hydrogens (primary N) is 1. The van der Waals surface area contributed by atoms with Crippen LogP contribution in [0.5, 0.6) is 0 Å². The van der Waals surface area contributed by atoms with Gasteiger partial charge in [-0.2, -0.15) is 12.7 Å². The van der Waals surface area contributed by atoms with Crippen molar-refractivity contribution in [1.82, 2.24) is 14.5 Å². The molecule has 96 valence electrons. The molecule has 0 unspecified atom stereocenters. The van der Waals surface area contributed by atoms with Gasteiger partial charge in [0.2, 0.25) is 5.91 Å². The number of nitrogens with zero attached hydrogens (tertiary/aromatic N) is 2. The van der Waals surface area contributed by atoms with Crippen molar-refractivity contribution in [2.24, 2.45) is 5.14 Å². The summed E-state index contributed by atoms with van der Waals surface area (Å²) in [6.07, 6.45) is 0. The van der Waals surface area contributed by atoms with Crippen molar-refractivity contribution in [2.45, 2.75) is 0 Å². The van der Waals surface area contributed by atoms with Gasteiger partial charge in [-0.1, -0.05) is 0 Å². The maximum atomic E-state index is 11.4. The van der Waals surface area contributed by atoms with Crippen LogP contribution in [0.3, 0.4) is 0 Å². The van der Waals surface area contributed by atoms with Crippen LogP contribution in [0.4, 0.5) is 0 Å². The van der Waals surface area contributed by atoms with Crippen molar-refractivity contribution in [1.29, 1.82) is 0 Å². The zero-order valence-electron chi connectivity index (χ0n) is 9.05. The Hall–Kier alpha value is -0.410. The van der Waals surface area contributed by atoms with Crippen molar-refractivity contribution in [3.05, 3.63) is 0 Å². The molecule has 0 aromatic carbocycles. The average molecular weight is 273 g/mol. The van der Waals surface area contributed by atoms with E-state index in [2.05, 4.69) is 5.32 Å². The van der Waals surface area contributed by atoms with Gasteiger partial charge in [0.05, 0.1) is 6.54 Å². The zero-order valence-corrected chi connectivity index (χ0v) is 10.7. The molecule has 0 spiro atoms. The molecule has 0 aliphatic carbocycles. The molecule has 1 heterocycles. The van der Waals surface area contributed by atoms with E-state index in [1.807, 2.05) is 0 Å². The number of likely N-dealkylation sites (N-methyl/N-ethyl adjacent to an activating group) is 1. The predicted octanol–water partition coefficient (Wildman–Crippen LogP) is -2.02. The van der Waals surface area contributed by atoms with E-state index < -0.39 is 10.2 Å². The van der Waals surface area contributed by atoms with Gasteiger partial charge in [-0.15, -0.1) is 12.4 Å². The largest absolute Gasteiger partial charge is 0.339 e. The van der Waals surface area contributed by atoms with Gasteiger partial charge in [-0.25, -0.2) is 5.14 Å². The van der Waals surface area contributed by atoms with E-state index in [0.29, 0.717) is 13.1 Å². The lowest BCUT2D eigenvalue weighted by Crippen LogP contribution is -2.53. The van der Waals surface area contributed by atoms with Gasteiger partial charge in [0, 0.05) is 26.2 Å². The second-order valence-electron chi connectivity index (χ2n) is 3.36. The SMILES string of the molecule is CNCC(=O)N1CCN(S(N)(=O)=O)CC1.Cl. The Morgan fingerprint density at radius 2 is 1.81 bits per heavy atom. The zero-order chi connectivity index (χ0) is 11.5. The highest BCUT2D eigenvalue weighted by Crippen LogP contribution is 2.04. The van der Waals surface area contributed by atoms with Crippen molar-refractivity contribution in [2.75, 3.05) is 39.8 Å². The molecule has 16 heavy (non-hydrogen) atoms. The standard InChI is InChI=1S/C7H16N4O3S.ClH/c1-9-6-7(12)10-2-4-11(5-3-10)15(8,13)14;/h9H,2-6H2,1H3,(H2,8,13,14);1H. The number of carbonyl (C=O) groups is 1. The third-order valence-electron chi connectivity index (χ3n) is 2.28. The Kier molecular flexibility index (Phi) is 6.19. The molecule has 7 nitrogen and oxygen atoms in total. The topological polar surface area (TPSA) is 95.7 Å². The minimum atomic E-state index is -3.61. The maximum Gasteiger partial charge on any atom is 0.277 e. The molecule has 1 amide bonds. The molecule has 1 rings (SSSR count). The fourth-order valence-electron chi connectivity index (χ4n) is 1.46. The number of amides is 1. The Bertz CT molecular complexity index is 327. The van der Waals surface area contributed by atoms with Crippen molar-refractivity contribution in [3.63, 3.8) is 0 Å². The first kappa shape index (κ1) is 15.6. The van der Waals surface area contributed by atoms with Crippen LogP contribution in [0.15, 0.2) is 0 Å². The van der Waals surface area contributed by atoms with E-state index in [1.165, 1.54) is 4.31 Å². The monoisotopic (exact) mass is 272 g/mol. The molecule has 0 aromatic rings. The number of piperazine rings is 1. The molecule has 9 heteroatoms. The third kappa shape index (κ3) is 4.22. The molecule has 0 atom stereocenters. The number of nitrogens with one attached hydrogen (secondary N) is 1. The van der Waals surface area contributed by atoms with Crippen molar-refractivity contribution in [3.8, 4) is 0 Å². The predicted molar refractivity (Wildman–Crippen MR) is 62.4 cm³/mol. The lowest BCUT2D eigenvalue weighted by molar-refractivity contribution is -0.131. The number of halogens is 1. The van der Waals surface area contributed by atoms with Crippen LogP contribution in [-0.2, 0) is 15.0 Å². The molecule has 0 saturated carbocycles. The number of rotatable bonds is 3. The van der Waals surface area contributed by atoms with Gasteiger partial charge < -0.3 is 10.2 Å². The lowest BCUT2D eigenvalue weighted by Gasteiger charge is -2.32. The molecule has 0 radical (unpaired) electrons. The van der Waals surface area contributed by atoms with Crippen LogP contribution in [-0.4, -0.2) is 63.3 Å². The number of hydrogen-bond acceptors (Lipinski definition) is 4. The van der Waals surface area contributed by atoms with Crippen LogP contribution < -0.4 is 10.5 Å². The van der Waals surface area contributed by atoms with Gasteiger partial charge in [0.1, 0.15) is 0 Å². The average Bonchev–Trinajstić information content (AvgIpc) is 2.17. The number of carbonyl (C=O) groups excluding carboxylic acids is 1. The summed E-state index contributed by atoms with van der Waals surface area (Å²) in [5.41, 5.74) is 0. The van der Waals surface area contributed by atoms with Gasteiger partial charge in [-0.3, -0.25) is 4.79 Å². The van der Waals surface area contributed by atoms with Gasteiger partial charge >= 0.3 is 0 Å². The Morgan fingerprint density at radius 1 is 1.31 bits per heavy atom. The smallest absolute Gasteiger partial charge is 0.277 e. The summed E-state index contributed by atoms with van der Waals surface area (Å²) in [6, 6.07) is 0. The van der Waals surface area contributed by atoms with E-state index in [4.69, 9.17) is 5.14 Å². The van der Waals surface area contributed by atoms with Crippen LogP contribution >= 0.6 is 12.4 Å². The third-order valence-corrected chi connectivity index (χ3v) is 3.36. The Morgan fingerprint density at radius 3 is 2.19 bits per heavy atom. The van der Waals surface area contributed by atoms with Crippen molar-refractivity contribution < 1.29 is 13.2 Å². The molecule has 1 aliphatic heterocycles. The molecule has 0 aromatic heterocycles. The first-order valence-corrected chi connectivity index (χ1v) is 6.15. The summed E-state index contributed by atoms with van der Waals surface area (Å²) in [6.45, 7) is 1.62. The highest BCUT2D eigenvalue weighted by Gasteiger charge is 2.25. The van der Waals surface area contributed by atoms with Gasteiger partial charge in [-0.05, 0) is 7.05 Å². The minimum Gasteiger partial charge on any atom is -0.339 e. The highest BCUT2D eigenvalue weighted by molar-refractivity contribution is 7.86. The molecule has 1 fully saturated rings. The molecular formula is C7H17ClN4O3S. The van der Waals surface area contributed by atoms with Crippen LogP contribution in [0.1, 0.15) is 0 Å². The fourth-order valence-corrected chi connectivity index (χ4v) is 2.13. The van der Waals surface area contributed by atoms with E-state index in [9.17, 15) is 13.2 Å². The summed E-state index contributed by atoms with van der Waals surface area (Å²) in [7, 11) is -1.91. The molecule has 1 aliphatic rings. The second kappa shape index (κ2) is 6.36. The van der Waals surface area contributed by atoms with Crippen LogP contribution in [0, 0.1) is 0 Å². The van der Waals surface area contributed by atoms with Crippen LogP contribution in [0.2, 0.25) is 0 Å². The summed E-state index contributed by atoms with van der Waals surface area (Å²) in [4.78, 5) is 13.0. The quantitative estimate of drug-likeness (QED) is 0.620. The number of hydrogen-bond donors (Lipinski definition) is 2.